The van der Waals surface area contributed by atoms with Gasteiger partial charge < -0.3 is 5.32 Å². The molecule has 0 unspecified atom stereocenters. The molecule has 0 bridgehead atoms. The Bertz CT molecular complexity index is 696. The lowest BCUT2D eigenvalue weighted by molar-refractivity contribution is 0.490. The van der Waals surface area contributed by atoms with E-state index in [0.717, 1.165) is 6.07 Å². The second-order valence-electron chi connectivity index (χ2n) is 4.02. The summed E-state index contributed by atoms with van der Waals surface area (Å²) in [4.78, 5) is 0. The van der Waals surface area contributed by atoms with Crippen LogP contribution in [0.5, 0.6) is 0 Å². The second-order valence-corrected chi connectivity index (χ2v) is 4.42. The molecule has 1 N–H and O–H groups in total. The highest BCUT2D eigenvalue weighted by molar-refractivity contribution is 6.32. The van der Waals surface area contributed by atoms with Crippen LogP contribution in [0.25, 0.3) is 0 Å². The van der Waals surface area contributed by atoms with Crippen molar-refractivity contribution in [3.05, 3.63) is 63.9 Å². The number of nitrogens with one attached hydrogen (secondary N) is 1. The Labute approximate surface area is 118 Å². The van der Waals surface area contributed by atoms with Crippen molar-refractivity contribution in [2.75, 3.05) is 5.32 Å². The van der Waals surface area contributed by atoms with Crippen molar-refractivity contribution in [2.45, 2.75) is 6.54 Å². The third kappa shape index (κ3) is 3.03. The number of nitrogens with zero attached hydrogens (tertiary/aromatic N) is 1. The number of nitriles is 1. The Balaban J connectivity index is 2.15. The molecule has 6 heteroatoms. The number of anilines is 1. The summed E-state index contributed by atoms with van der Waals surface area (Å²) in [5, 5.41) is 11.8. The first-order valence-electron chi connectivity index (χ1n) is 5.58. The fraction of sp³-hybridized carbons (Fsp3) is 0.0714. The molecule has 2 aromatic carbocycles. The van der Waals surface area contributed by atoms with Gasteiger partial charge in [0.15, 0.2) is 11.6 Å². The largest absolute Gasteiger partial charge is 0.381 e. The normalized spacial score (nSPS) is 10.2. The maximum atomic E-state index is 13.4. The number of hydrogen-bond donors (Lipinski definition) is 1. The molecule has 2 nitrogen and oxygen atoms in total. The molecule has 0 saturated carbocycles. The molecule has 0 saturated heterocycles. The third-order valence-corrected chi connectivity index (χ3v) is 2.97. The molecule has 0 fully saturated rings. The highest BCUT2D eigenvalue weighted by Gasteiger charge is 2.09. The van der Waals surface area contributed by atoms with E-state index in [1.807, 2.05) is 6.07 Å². The van der Waals surface area contributed by atoms with Crippen molar-refractivity contribution >= 4 is 17.3 Å². The predicted molar refractivity (Wildman–Crippen MR) is 69.8 cm³/mol. The standard InChI is InChI=1S/C14H8ClF3N2/c15-11-4-10(2-1-8(11)6-19)20-7-9-3-13(17)14(18)5-12(9)16/h1-5,20H,7H2. The minimum absolute atomic E-state index is 0.00983. The van der Waals surface area contributed by atoms with Crippen molar-refractivity contribution in [3.63, 3.8) is 0 Å². The topological polar surface area (TPSA) is 35.8 Å². The number of hydrogen-bond acceptors (Lipinski definition) is 2. The number of halogens is 4. The quantitative estimate of drug-likeness (QED) is 0.860. The van der Waals surface area contributed by atoms with Crippen LogP contribution in [-0.4, -0.2) is 0 Å². The van der Waals surface area contributed by atoms with Gasteiger partial charge in [-0.3, -0.25) is 0 Å². The summed E-state index contributed by atoms with van der Waals surface area (Å²) in [6.45, 7) is -0.0364. The Morgan fingerprint density at radius 2 is 1.75 bits per heavy atom. The van der Waals surface area contributed by atoms with Crippen LogP contribution in [0, 0.1) is 28.8 Å². The molecular formula is C14H8ClF3N2. The molecule has 0 aliphatic heterocycles. The first kappa shape index (κ1) is 14.2. The summed E-state index contributed by atoms with van der Waals surface area (Å²) in [6.07, 6.45) is 0. The molecule has 0 aromatic heterocycles. The van der Waals surface area contributed by atoms with Gasteiger partial charge in [-0.1, -0.05) is 11.6 Å². The maximum Gasteiger partial charge on any atom is 0.161 e. The van der Waals surface area contributed by atoms with E-state index in [1.54, 1.807) is 6.07 Å². The van der Waals surface area contributed by atoms with Crippen molar-refractivity contribution < 1.29 is 13.2 Å². The van der Waals surface area contributed by atoms with E-state index in [0.29, 0.717) is 17.3 Å². The van der Waals surface area contributed by atoms with Crippen molar-refractivity contribution in [2.24, 2.45) is 0 Å². The van der Waals surface area contributed by atoms with Gasteiger partial charge in [-0.25, -0.2) is 13.2 Å². The maximum absolute atomic E-state index is 13.4. The van der Waals surface area contributed by atoms with Crippen LogP contribution in [0.4, 0.5) is 18.9 Å². The smallest absolute Gasteiger partial charge is 0.161 e. The monoisotopic (exact) mass is 296 g/mol. The van der Waals surface area contributed by atoms with Crippen LogP contribution in [0.15, 0.2) is 30.3 Å². The van der Waals surface area contributed by atoms with Gasteiger partial charge in [-0.05, 0) is 24.3 Å². The molecule has 0 heterocycles. The highest BCUT2D eigenvalue weighted by Crippen LogP contribution is 2.21. The molecule has 2 rings (SSSR count). The summed E-state index contributed by atoms with van der Waals surface area (Å²) in [7, 11) is 0. The molecular weight excluding hydrogens is 289 g/mol. The SMILES string of the molecule is N#Cc1ccc(NCc2cc(F)c(F)cc2F)cc1Cl. The van der Waals surface area contributed by atoms with Crippen LogP contribution in [0.3, 0.4) is 0 Å². The summed E-state index contributed by atoms with van der Waals surface area (Å²) < 4.78 is 39.2. The molecule has 20 heavy (non-hydrogen) atoms. The van der Waals surface area contributed by atoms with E-state index in [-0.39, 0.29) is 17.1 Å². The Kier molecular flexibility index (Phi) is 4.16. The lowest BCUT2D eigenvalue weighted by Crippen LogP contribution is -2.03. The van der Waals surface area contributed by atoms with E-state index in [9.17, 15) is 13.2 Å². The third-order valence-electron chi connectivity index (χ3n) is 2.66. The van der Waals surface area contributed by atoms with Crippen molar-refractivity contribution in [1.82, 2.24) is 0 Å². The zero-order chi connectivity index (χ0) is 14.7. The van der Waals surface area contributed by atoms with Gasteiger partial charge in [0.25, 0.3) is 0 Å². The Morgan fingerprint density at radius 1 is 1.05 bits per heavy atom. The lowest BCUT2D eigenvalue weighted by atomic mass is 10.2. The van der Waals surface area contributed by atoms with Crippen LogP contribution in [0.2, 0.25) is 5.02 Å². The van der Waals surface area contributed by atoms with Gasteiger partial charge in [-0.15, -0.1) is 0 Å². The van der Waals surface area contributed by atoms with E-state index in [1.165, 1.54) is 12.1 Å². The summed E-state index contributed by atoms with van der Waals surface area (Å²) in [5.74, 6) is -3.18. The summed E-state index contributed by atoms with van der Waals surface area (Å²) in [6, 6.07) is 7.79. The van der Waals surface area contributed by atoms with Gasteiger partial charge >= 0.3 is 0 Å². The van der Waals surface area contributed by atoms with E-state index in [2.05, 4.69) is 5.32 Å². The number of benzene rings is 2. The first-order chi connectivity index (χ1) is 9.51. The van der Waals surface area contributed by atoms with E-state index in [4.69, 9.17) is 16.9 Å². The fourth-order valence-electron chi connectivity index (χ4n) is 1.61. The number of rotatable bonds is 3. The molecule has 0 atom stereocenters. The van der Waals surface area contributed by atoms with Gasteiger partial charge in [0.1, 0.15) is 11.9 Å². The second kappa shape index (κ2) is 5.85. The average Bonchev–Trinajstić information content (AvgIpc) is 2.41. The van der Waals surface area contributed by atoms with Gasteiger partial charge in [-0.2, -0.15) is 5.26 Å². The Hall–Kier alpha value is -2.19. The van der Waals surface area contributed by atoms with Gasteiger partial charge in [0.2, 0.25) is 0 Å². The molecule has 102 valence electrons. The zero-order valence-corrected chi connectivity index (χ0v) is 10.8. The summed E-state index contributed by atoms with van der Waals surface area (Å²) >= 11 is 5.84. The Morgan fingerprint density at radius 3 is 2.40 bits per heavy atom. The molecule has 0 spiro atoms. The minimum atomic E-state index is -1.23. The molecule has 0 aliphatic carbocycles. The van der Waals surface area contributed by atoms with Crippen molar-refractivity contribution in [3.8, 4) is 6.07 Å². The molecule has 0 amide bonds. The zero-order valence-electron chi connectivity index (χ0n) is 10.1. The highest BCUT2D eigenvalue weighted by atomic mass is 35.5. The van der Waals surface area contributed by atoms with Crippen LogP contribution in [-0.2, 0) is 6.54 Å². The van der Waals surface area contributed by atoms with Gasteiger partial charge in [0.05, 0.1) is 10.6 Å². The minimum Gasteiger partial charge on any atom is -0.381 e. The lowest BCUT2D eigenvalue weighted by Gasteiger charge is -2.09. The molecule has 2 aromatic rings. The van der Waals surface area contributed by atoms with Crippen molar-refractivity contribution in [1.29, 1.82) is 5.26 Å². The molecule has 0 radical (unpaired) electrons. The van der Waals surface area contributed by atoms with Crippen LogP contribution < -0.4 is 5.32 Å². The first-order valence-corrected chi connectivity index (χ1v) is 5.96. The van der Waals surface area contributed by atoms with Crippen LogP contribution in [0.1, 0.15) is 11.1 Å². The molecule has 0 aliphatic rings. The van der Waals surface area contributed by atoms with Crippen LogP contribution >= 0.6 is 11.6 Å². The van der Waals surface area contributed by atoms with Gasteiger partial charge in [0, 0.05) is 23.9 Å². The van der Waals surface area contributed by atoms with E-state index >= 15 is 0 Å². The van der Waals surface area contributed by atoms with E-state index < -0.39 is 17.5 Å². The summed E-state index contributed by atoms with van der Waals surface area (Å²) in [5.41, 5.74) is 0.846. The average molecular weight is 297 g/mol. The predicted octanol–water partition coefficient (Wildman–Crippen LogP) is 4.24. The fourth-order valence-corrected chi connectivity index (χ4v) is 1.84.